The number of methoxy groups -OCH3 is 3. The van der Waals surface area contributed by atoms with Gasteiger partial charge in [-0.15, -0.1) is 35.3 Å². The molecular weight excluding hydrogens is 493 g/mol. The number of guanidine groups is 1. The number of anilines is 1. The van der Waals surface area contributed by atoms with Crippen LogP contribution in [0.1, 0.15) is 5.56 Å². The number of ether oxygens (including phenoxy) is 3. The first-order chi connectivity index (χ1) is 13.2. The van der Waals surface area contributed by atoms with Gasteiger partial charge in [-0.3, -0.25) is 0 Å². The Morgan fingerprint density at radius 3 is 2.39 bits per heavy atom. The fourth-order valence-electron chi connectivity index (χ4n) is 3.05. The molecule has 2 heterocycles. The molecule has 0 saturated carbocycles. The molecule has 0 amide bonds. The molecule has 2 N–H and O–H groups in total. The number of aliphatic imine (C=N–C) groups is 1. The first-order valence-electron chi connectivity index (χ1n) is 8.65. The molecule has 1 saturated heterocycles. The van der Waals surface area contributed by atoms with Crippen LogP contribution in [0.4, 0.5) is 5.13 Å². The summed E-state index contributed by atoms with van der Waals surface area (Å²) in [7, 11) is 4.79. The average molecular weight is 519 g/mol. The predicted molar refractivity (Wildman–Crippen MR) is 123 cm³/mol. The summed E-state index contributed by atoms with van der Waals surface area (Å²) in [5, 5.41) is 3.05. The highest BCUT2D eigenvalue weighted by molar-refractivity contribution is 14.0. The summed E-state index contributed by atoms with van der Waals surface area (Å²) in [6.45, 7) is 3.80. The fourth-order valence-corrected chi connectivity index (χ4v) is 3.75. The monoisotopic (exact) mass is 519 g/mol. The predicted octanol–water partition coefficient (Wildman–Crippen LogP) is 2.42. The van der Waals surface area contributed by atoms with Gasteiger partial charge in [0.1, 0.15) is 0 Å². The maximum absolute atomic E-state index is 6.23. The topological polar surface area (TPSA) is 85.4 Å². The normalized spacial score (nSPS) is 14.5. The lowest BCUT2D eigenvalue weighted by Crippen LogP contribution is -2.51. The van der Waals surface area contributed by atoms with Crippen LogP contribution in [0, 0.1) is 0 Å². The van der Waals surface area contributed by atoms with Crippen LogP contribution in [0.2, 0.25) is 0 Å². The largest absolute Gasteiger partial charge is 0.493 e. The van der Waals surface area contributed by atoms with Crippen molar-refractivity contribution in [2.45, 2.75) is 6.54 Å². The van der Waals surface area contributed by atoms with Crippen molar-refractivity contribution in [2.24, 2.45) is 10.7 Å². The van der Waals surface area contributed by atoms with Gasteiger partial charge in [0.05, 0.1) is 27.9 Å². The van der Waals surface area contributed by atoms with Gasteiger partial charge in [0.2, 0.25) is 5.75 Å². The first kappa shape index (κ1) is 22.3. The molecule has 1 aliphatic rings. The van der Waals surface area contributed by atoms with E-state index in [4.69, 9.17) is 19.9 Å². The maximum Gasteiger partial charge on any atom is 0.203 e. The summed E-state index contributed by atoms with van der Waals surface area (Å²) < 4.78 is 16.2. The first-order valence-corrected chi connectivity index (χ1v) is 9.53. The SMILES string of the molecule is COc1ccc(CN=C(N)N2CCN(c3nccs3)CC2)c(OC)c1OC.I. The molecule has 2 aromatic rings. The van der Waals surface area contributed by atoms with Crippen molar-refractivity contribution in [3.63, 3.8) is 0 Å². The van der Waals surface area contributed by atoms with E-state index in [9.17, 15) is 0 Å². The second kappa shape index (κ2) is 10.6. The van der Waals surface area contributed by atoms with E-state index in [1.165, 1.54) is 0 Å². The van der Waals surface area contributed by atoms with Crippen molar-refractivity contribution >= 4 is 46.4 Å². The zero-order valence-electron chi connectivity index (χ0n) is 16.3. The van der Waals surface area contributed by atoms with Crippen molar-refractivity contribution in [3.05, 3.63) is 29.3 Å². The maximum atomic E-state index is 6.23. The Morgan fingerprint density at radius 2 is 1.82 bits per heavy atom. The average Bonchev–Trinajstić information content (AvgIpc) is 3.26. The van der Waals surface area contributed by atoms with E-state index >= 15 is 0 Å². The van der Waals surface area contributed by atoms with E-state index < -0.39 is 0 Å². The van der Waals surface area contributed by atoms with Crippen LogP contribution in [0.5, 0.6) is 17.2 Å². The number of hydrogen-bond donors (Lipinski definition) is 1. The molecule has 0 bridgehead atoms. The van der Waals surface area contributed by atoms with E-state index in [0.717, 1.165) is 36.9 Å². The molecule has 0 atom stereocenters. The Labute approximate surface area is 186 Å². The van der Waals surface area contributed by atoms with Crippen LogP contribution in [-0.4, -0.2) is 63.4 Å². The Bertz CT molecular complexity index is 780. The summed E-state index contributed by atoms with van der Waals surface area (Å²) in [5.74, 6) is 2.32. The van der Waals surface area contributed by atoms with Gasteiger partial charge in [0.25, 0.3) is 0 Å². The quantitative estimate of drug-likeness (QED) is 0.357. The zero-order valence-corrected chi connectivity index (χ0v) is 19.4. The van der Waals surface area contributed by atoms with Crippen LogP contribution in [0.3, 0.4) is 0 Å². The molecule has 154 valence electrons. The van der Waals surface area contributed by atoms with Gasteiger partial charge >= 0.3 is 0 Å². The van der Waals surface area contributed by atoms with Gasteiger partial charge in [0, 0.05) is 43.3 Å². The Balaban J connectivity index is 0.00000280. The summed E-state index contributed by atoms with van der Waals surface area (Å²) in [4.78, 5) is 13.3. The van der Waals surface area contributed by atoms with Gasteiger partial charge in [0.15, 0.2) is 22.6 Å². The molecule has 0 radical (unpaired) electrons. The van der Waals surface area contributed by atoms with E-state index in [1.807, 2.05) is 23.7 Å². The third kappa shape index (κ3) is 4.90. The molecule has 1 aromatic heterocycles. The van der Waals surface area contributed by atoms with Gasteiger partial charge in [-0.1, -0.05) is 0 Å². The molecule has 1 aliphatic heterocycles. The van der Waals surface area contributed by atoms with Crippen molar-refractivity contribution < 1.29 is 14.2 Å². The van der Waals surface area contributed by atoms with Crippen molar-refractivity contribution in [1.29, 1.82) is 0 Å². The summed E-state index contributed by atoms with van der Waals surface area (Å²) in [5.41, 5.74) is 7.11. The number of benzene rings is 1. The number of nitrogens with zero attached hydrogens (tertiary/aromatic N) is 4. The fraction of sp³-hybridized carbons (Fsp3) is 0.444. The second-order valence-electron chi connectivity index (χ2n) is 5.96. The zero-order chi connectivity index (χ0) is 19.2. The molecule has 1 fully saturated rings. The highest BCUT2D eigenvalue weighted by atomic mass is 127. The lowest BCUT2D eigenvalue weighted by atomic mass is 10.1. The van der Waals surface area contributed by atoms with Crippen LogP contribution in [0.15, 0.2) is 28.7 Å². The third-order valence-electron chi connectivity index (χ3n) is 4.49. The van der Waals surface area contributed by atoms with Crippen LogP contribution < -0.4 is 24.8 Å². The lowest BCUT2D eigenvalue weighted by molar-refractivity contribution is 0.322. The minimum atomic E-state index is 0. The highest BCUT2D eigenvalue weighted by Gasteiger charge is 2.20. The van der Waals surface area contributed by atoms with Crippen LogP contribution >= 0.6 is 35.3 Å². The molecule has 0 spiro atoms. The lowest BCUT2D eigenvalue weighted by Gasteiger charge is -2.35. The van der Waals surface area contributed by atoms with Gasteiger partial charge < -0.3 is 29.7 Å². The standard InChI is InChI=1S/C18H25N5O3S.HI/c1-24-14-5-4-13(15(25-2)16(14)26-3)12-21-17(19)22-7-9-23(10-8-22)18-20-6-11-27-18;/h4-6,11H,7-10,12H2,1-3H3,(H2,19,21);1H. The van der Waals surface area contributed by atoms with Crippen LogP contribution in [0.25, 0.3) is 0 Å². The van der Waals surface area contributed by atoms with Crippen molar-refractivity contribution in [3.8, 4) is 17.2 Å². The number of rotatable bonds is 6. The number of thiazole rings is 1. The van der Waals surface area contributed by atoms with Gasteiger partial charge in [-0.2, -0.15) is 0 Å². The van der Waals surface area contributed by atoms with E-state index in [0.29, 0.717) is 29.8 Å². The molecule has 3 rings (SSSR count). The molecule has 8 nitrogen and oxygen atoms in total. The number of piperazine rings is 1. The van der Waals surface area contributed by atoms with Crippen LogP contribution in [-0.2, 0) is 6.54 Å². The molecule has 28 heavy (non-hydrogen) atoms. The molecule has 0 unspecified atom stereocenters. The summed E-state index contributed by atoms with van der Waals surface area (Å²) in [6, 6.07) is 3.76. The smallest absolute Gasteiger partial charge is 0.203 e. The van der Waals surface area contributed by atoms with Crippen molar-refractivity contribution in [1.82, 2.24) is 9.88 Å². The number of aromatic nitrogens is 1. The van der Waals surface area contributed by atoms with E-state index in [-0.39, 0.29) is 24.0 Å². The molecule has 1 aromatic carbocycles. The Hall–Kier alpha value is -1.95. The molecular formula is C18H26IN5O3S. The number of hydrogen-bond acceptors (Lipinski definition) is 7. The molecule has 10 heteroatoms. The minimum absolute atomic E-state index is 0. The van der Waals surface area contributed by atoms with E-state index in [2.05, 4.69) is 19.8 Å². The summed E-state index contributed by atoms with van der Waals surface area (Å²) >= 11 is 1.66. The number of nitrogens with two attached hydrogens (primary N) is 1. The van der Waals surface area contributed by atoms with Gasteiger partial charge in [-0.05, 0) is 12.1 Å². The number of halogens is 1. The highest BCUT2D eigenvalue weighted by Crippen LogP contribution is 2.39. The Morgan fingerprint density at radius 1 is 1.11 bits per heavy atom. The minimum Gasteiger partial charge on any atom is -0.493 e. The summed E-state index contributed by atoms with van der Waals surface area (Å²) in [6.07, 6.45) is 1.83. The van der Waals surface area contributed by atoms with Gasteiger partial charge in [-0.25, -0.2) is 9.98 Å². The third-order valence-corrected chi connectivity index (χ3v) is 5.32. The molecule has 0 aliphatic carbocycles. The second-order valence-corrected chi connectivity index (χ2v) is 6.83. The Kier molecular flexibility index (Phi) is 8.42. The van der Waals surface area contributed by atoms with Crippen molar-refractivity contribution in [2.75, 3.05) is 52.4 Å². The van der Waals surface area contributed by atoms with E-state index in [1.54, 1.807) is 32.7 Å².